The zero-order valence-corrected chi connectivity index (χ0v) is 13.4. The average molecular weight is 316 g/mol. The van der Waals surface area contributed by atoms with Crippen LogP contribution in [0.15, 0.2) is 24.3 Å². The largest absolute Gasteiger partial charge is 0.312 e. The normalized spacial score (nSPS) is 23.4. The molecule has 0 aliphatic carbocycles. The molecule has 0 amide bonds. The van der Waals surface area contributed by atoms with Crippen molar-refractivity contribution in [2.75, 3.05) is 18.1 Å². The minimum atomic E-state index is -2.84. The fourth-order valence-electron chi connectivity index (χ4n) is 2.73. The molecule has 1 aliphatic heterocycles. The molecule has 3 nitrogen and oxygen atoms in total. The first-order chi connectivity index (χ1) is 9.50. The molecule has 1 heterocycles. The number of rotatable bonds is 5. The van der Waals surface area contributed by atoms with E-state index in [2.05, 4.69) is 24.4 Å². The van der Waals surface area contributed by atoms with Gasteiger partial charge >= 0.3 is 0 Å². The molecule has 112 valence electrons. The van der Waals surface area contributed by atoms with Crippen molar-refractivity contribution in [1.29, 1.82) is 0 Å². The first-order valence-electron chi connectivity index (χ1n) is 7.19. The van der Waals surface area contributed by atoms with Gasteiger partial charge in [0.2, 0.25) is 0 Å². The van der Waals surface area contributed by atoms with Crippen LogP contribution in [0.5, 0.6) is 0 Å². The highest BCUT2D eigenvalue weighted by molar-refractivity contribution is 7.91. The number of nitrogens with one attached hydrogen (secondary N) is 1. The fraction of sp³-hybridized carbons (Fsp3) is 0.600. The van der Waals surface area contributed by atoms with E-state index in [0.29, 0.717) is 11.7 Å². The van der Waals surface area contributed by atoms with E-state index >= 15 is 0 Å². The lowest BCUT2D eigenvalue weighted by atomic mass is 9.96. The van der Waals surface area contributed by atoms with E-state index < -0.39 is 9.84 Å². The Morgan fingerprint density at radius 1 is 1.35 bits per heavy atom. The number of hydrogen-bond donors (Lipinski definition) is 1. The van der Waals surface area contributed by atoms with Crippen molar-refractivity contribution >= 4 is 21.4 Å². The lowest BCUT2D eigenvalue weighted by molar-refractivity contribution is 0.455. The second-order valence-electron chi connectivity index (χ2n) is 5.52. The van der Waals surface area contributed by atoms with Gasteiger partial charge in [-0.1, -0.05) is 30.7 Å². The van der Waals surface area contributed by atoms with Crippen LogP contribution in [-0.2, 0) is 9.84 Å². The maximum atomic E-state index is 11.6. The summed E-state index contributed by atoms with van der Waals surface area (Å²) in [4.78, 5) is 0. The van der Waals surface area contributed by atoms with Crippen LogP contribution in [0.25, 0.3) is 0 Å². The summed E-state index contributed by atoms with van der Waals surface area (Å²) < 4.78 is 23.3. The van der Waals surface area contributed by atoms with Gasteiger partial charge in [-0.25, -0.2) is 8.42 Å². The summed E-state index contributed by atoms with van der Waals surface area (Å²) >= 11 is 5.91. The zero-order chi connectivity index (χ0) is 14.6. The summed E-state index contributed by atoms with van der Waals surface area (Å²) in [5, 5.41) is 4.17. The lowest BCUT2D eigenvalue weighted by Gasteiger charge is -2.25. The summed E-state index contributed by atoms with van der Waals surface area (Å²) in [7, 11) is -2.84. The second kappa shape index (κ2) is 6.92. The molecular formula is C15H22ClNO2S. The van der Waals surface area contributed by atoms with Gasteiger partial charge in [-0.3, -0.25) is 0 Å². The third kappa shape index (κ3) is 4.47. The Balaban J connectivity index is 1.92. The molecule has 2 unspecified atom stereocenters. The second-order valence-corrected chi connectivity index (χ2v) is 8.18. The number of sulfone groups is 1. The van der Waals surface area contributed by atoms with Gasteiger partial charge in [0, 0.05) is 17.6 Å². The summed E-state index contributed by atoms with van der Waals surface area (Å²) in [5.41, 5.74) is 1.25. The van der Waals surface area contributed by atoms with E-state index in [4.69, 9.17) is 11.6 Å². The summed E-state index contributed by atoms with van der Waals surface area (Å²) in [6.07, 6.45) is 2.75. The van der Waals surface area contributed by atoms with Crippen LogP contribution in [0, 0.1) is 0 Å². The molecule has 20 heavy (non-hydrogen) atoms. The Labute approximate surface area is 126 Å². The summed E-state index contributed by atoms with van der Waals surface area (Å²) in [5.74, 6) is 1.03. The summed E-state index contributed by atoms with van der Waals surface area (Å²) in [6, 6.07) is 8.02. The molecule has 1 aromatic rings. The number of benzene rings is 1. The van der Waals surface area contributed by atoms with E-state index in [1.165, 1.54) is 5.56 Å². The topological polar surface area (TPSA) is 46.2 Å². The Bertz CT molecular complexity index is 527. The third-order valence-corrected chi connectivity index (χ3v) is 6.02. The summed E-state index contributed by atoms with van der Waals surface area (Å²) in [6.45, 7) is 2.97. The first kappa shape index (κ1) is 15.8. The van der Waals surface area contributed by atoms with Crippen LogP contribution in [0.1, 0.15) is 37.7 Å². The van der Waals surface area contributed by atoms with Gasteiger partial charge < -0.3 is 5.32 Å². The predicted octanol–water partition coefficient (Wildman–Crippen LogP) is 3.00. The molecule has 2 rings (SSSR count). The van der Waals surface area contributed by atoms with Gasteiger partial charge in [-0.2, -0.15) is 0 Å². The van der Waals surface area contributed by atoms with Crippen molar-refractivity contribution in [1.82, 2.24) is 5.32 Å². The molecule has 0 spiro atoms. The molecule has 0 radical (unpaired) electrons. The van der Waals surface area contributed by atoms with Crippen LogP contribution < -0.4 is 5.32 Å². The van der Waals surface area contributed by atoms with E-state index in [9.17, 15) is 8.42 Å². The van der Waals surface area contributed by atoms with E-state index in [1.807, 2.05) is 12.1 Å². The Morgan fingerprint density at radius 3 is 2.65 bits per heavy atom. The predicted molar refractivity (Wildman–Crippen MR) is 84.2 cm³/mol. The van der Waals surface area contributed by atoms with E-state index in [0.717, 1.165) is 30.8 Å². The molecule has 1 N–H and O–H groups in total. The number of hydrogen-bond acceptors (Lipinski definition) is 3. The molecule has 5 heteroatoms. The smallest absolute Gasteiger partial charge is 0.151 e. The standard InChI is InChI=1S/C15H22ClNO2S/c1-2-12(13-5-7-14(16)8-6-13)10-17-15-4-3-9-20(18,19)11-15/h5-8,12,15,17H,2-4,9-11H2,1H3. The molecule has 2 atom stereocenters. The van der Waals surface area contributed by atoms with Crippen LogP contribution in [0.3, 0.4) is 0 Å². The molecule has 1 fully saturated rings. The minimum absolute atomic E-state index is 0.107. The van der Waals surface area contributed by atoms with Crippen molar-refractivity contribution in [3.63, 3.8) is 0 Å². The Morgan fingerprint density at radius 2 is 2.05 bits per heavy atom. The van der Waals surface area contributed by atoms with E-state index in [-0.39, 0.29) is 11.8 Å². The lowest BCUT2D eigenvalue weighted by Crippen LogP contribution is -2.41. The first-order valence-corrected chi connectivity index (χ1v) is 9.39. The van der Waals surface area contributed by atoms with Gasteiger partial charge in [0.25, 0.3) is 0 Å². The number of halogens is 1. The van der Waals surface area contributed by atoms with Crippen LogP contribution in [-0.4, -0.2) is 32.5 Å². The average Bonchev–Trinajstić information content (AvgIpc) is 2.40. The highest BCUT2D eigenvalue weighted by atomic mass is 35.5. The fourth-order valence-corrected chi connectivity index (χ4v) is 4.52. The van der Waals surface area contributed by atoms with Gasteiger partial charge in [0.15, 0.2) is 9.84 Å². The van der Waals surface area contributed by atoms with Crippen LogP contribution >= 0.6 is 11.6 Å². The third-order valence-electron chi connectivity index (χ3n) is 3.95. The quantitative estimate of drug-likeness (QED) is 0.908. The molecule has 1 aliphatic rings. The van der Waals surface area contributed by atoms with Gasteiger partial charge in [0.1, 0.15) is 0 Å². The van der Waals surface area contributed by atoms with Crippen molar-refractivity contribution in [3.05, 3.63) is 34.9 Å². The Kier molecular flexibility index (Phi) is 5.47. The molecule has 0 saturated carbocycles. The van der Waals surface area contributed by atoms with Gasteiger partial charge in [-0.15, -0.1) is 0 Å². The molecule has 1 saturated heterocycles. The molecular weight excluding hydrogens is 294 g/mol. The van der Waals surface area contributed by atoms with Crippen molar-refractivity contribution in [2.24, 2.45) is 0 Å². The molecule has 0 bridgehead atoms. The Hall–Kier alpha value is -0.580. The van der Waals surface area contributed by atoms with Crippen molar-refractivity contribution in [2.45, 2.75) is 38.1 Å². The van der Waals surface area contributed by atoms with Crippen LogP contribution in [0.2, 0.25) is 5.02 Å². The molecule has 1 aromatic carbocycles. The maximum Gasteiger partial charge on any atom is 0.151 e. The van der Waals surface area contributed by atoms with Gasteiger partial charge in [0.05, 0.1) is 11.5 Å². The highest BCUT2D eigenvalue weighted by Gasteiger charge is 2.24. The van der Waals surface area contributed by atoms with Gasteiger partial charge in [-0.05, 0) is 42.9 Å². The van der Waals surface area contributed by atoms with Crippen molar-refractivity contribution in [3.8, 4) is 0 Å². The highest BCUT2D eigenvalue weighted by Crippen LogP contribution is 2.21. The maximum absolute atomic E-state index is 11.6. The molecule has 0 aromatic heterocycles. The SMILES string of the molecule is CCC(CNC1CCCS(=O)(=O)C1)c1ccc(Cl)cc1. The minimum Gasteiger partial charge on any atom is -0.312 e. The monoisotopic (exact) mass is 315 g/mol. The van der Waals surface area contributed by atoms with Crippen LogP contribution in [0.4, 0.5) is 0 Å². The van der Waals surface area contributed by atoms with Crippen molar-refractivity contribution < 1.29 is 8.42 Å². The zero-order valence-electron chi connectivity index (χ0n) is 11.8. The van der Waals surface area contributed by atoms with E-state index in [1.54, 1.807) is 0 Å².